The van der Waals surface area contributed by atoms with Gasteiger partial charge < -0.3 is 9.64 Å². The molecule has 0 radical (unpaired) electrons. The number of likely N-dealkylation sites (N-methyl/N-ethyl adjacent to an activating group) is 1. The third-order valence-electron chi connectivity index (χ3n) is 1.92. The van der Waals surface area contributed by atoms with Gasteiger partial charge >= 0.3 is 5.97 Å². The SMILES string of the molecule is CCOC(=O)c1cnn(CCN(C)C)c1. The van der Waals surface area contributed by atoms with Gasteiger partial charge in [0.05, 0.1) is 24.9 Å². The van der Waals surface area contributed by atoms with Gasteiger partial charge in [-0.05, 0) is 21.0 Å². The summed E-state index contributed by atoms with van der Waals surface area (Å²) in [4.78, 5) is 13.4. The minimum absolute atomic E-state index is 0.311. The lowest BCUT2D eigenvalue weighted by atomic mass is 10.4. The van der Waals surface area contributed by atoms with Gasteiger partial charge in [0.1, 0.15) is 0 Å². The Morgan fingerprint density at radius 2 is 2.33 bits per heavy atom. The van der Waals surface area contributed by atoms with Crippen LogP contribution in [0.4, 0.5) is 0 Å². The first-order valence-corrected chi connectivity index (χ1v) is 4.97. The Bertz CT molecular complexity index is 320. The van der Waals surface area contributed by atoms with Crippen LogP contribution in [0.2, 0.25) is 0 Å². The summed E-state index contributed by atoms with van der Waals surface area (Å²) in [5.41, 5.74) is 0.510. The van der Waals surface area contributed by atoms with Crippen molar-refractivity contribution in [2.45, 2.75) is 13.5 Å². The molecule has 1 aromatic rings. The number of carbonyl (C=O) groups is 1. The zero-order chi connectivity index (χ0) is 11.3. The van der Waals surface area contributed by atoms with Crippen LogP contribution in [0.3, 0.4) is 0 Å². The van der Waals surface area contributed by atoms with Crippen molar-refractivity contribution in [3.8, 4) is 0 Å². The summed E-state index contributed by atoms with van der Waals surface area (Å²) < 4.78 is 6.61. The maximum Gasteiger partial charge on any atom is 0.341 e. The largest absolute Gasteiger partial charge is 0.462 e. The molecule has 5 heteroatoms. The predicted molar refractivity (Wildman–Crippen MR) is 56.7 cm³/mol. The zero-order valence-electron chi connectivity index (χ0n) is 9.43. The second-order valence-electron chi connectivity index (χ2n) is 3.52. The summed E-state index contributed by atoms with van der Waals surface area (Å²) in [5, 5.41) is 4.08. The minimum Gasteiger partial charge on any atom is -0.462 e. The van der Waals surface area contributed by atoms with Crippen LogP contribution in [-0.4, -0.2) is 47.9 Å². The van der Waals surface area contributed by atoms with E-state index in [1.165, 1.54) is 6.20 Å². The Hall–Kier alpha value is -1.36. The van der Waals surface area contributed by atoms with Crippen molar-refractivity contribution in [2.75, 3.05) is 27.2 Å². The molecule has 1 aromatic heterocycles. The van der Waals surface area contributed by atoms with Crippen LogP contribution in [0.5, 0.6) is 0 Å². The normalized spacial score (nSPS) is 10.7. The second-order valence-corrected chi connectivity index (χ2v) is 3.52. The van der Waals surface area contributed by atoms with Gasteiger partial charge in [-0.3, -0.25) is 4.68 Å². The first kappa shape index (κ1) is 11.7. The Kier molecular flexibility index (Phi) is 4.30. The van der Waals surface area contributed by atoms with E-state index in [0.29, 0.717) is 12.2 Å². The van der Waals surface area contributed by atoms with E-state index in [2.05, 4.69) is 10.00 Å². The number of esters is 1. The van der Waals surface area contributed by atoms with Crippen LogP contribution in [0.1, 0.15) is 17.3 Å². The van der Waals surface area contributed by atoms with Crippen LogP contribution >= 0.6 is 0 Å². The van der Waals surface area contributed by atoms with E-state index in [0.717, 1.165) is 13.1 Å². The average molecular weight is 211 g/mol. The van der Waals surface area contributed by atoms with E-state index in [1.54, 1.807) is 17.8 Å². The molecule has 0 amide bonds. The van der Waals surface area contributed by atoms with Crippen LogP contribution < -0.4 is 0 Å². The van der Waals surface area contributed by atoms with Gasteiger partial charge in [-0.1, -0.05) is 0 Å². The van der Waals surface area contributed by atoms with Gasteiger partial charge in [0.15, 0.2) is 0 Å². The first-order chi connectivity index (χ1) is 7.13. The molecule has 1 heterocycles. The Morgan fingerprint density at radius 1 is 1.60 bits per heavy atom. The zero-order valence-corrected chi connectivity index (χ0v) is 9.43. The molecule has 0 aliphatic carbocycles. The van der Waals surface area contributed by atoms with E-state index in [-0.39, 0.29) is 5.97 Å². The van der Waals surface area contributed by atoms with Gasteiger partial charge in [0.2, 0.25) is 0 Å². The van der Waals surface area contributed by atoms with Crippen LogP contribution in [0.25, 0.3) is 0 Å². The van der Waals surface area contributed by atoms with Gasteiger partial charge in [-0.15, -0.1) is 0 Å². The summed E-state index contributed by atoms with van der Waals surface area (Å²) in [6.45, 7) is 3.84. The molecule has 0 saturated heterocycles. The molecule has 84 valence electrons. The number of nitrogens with zero attached hydrogens (tertiary/aromatic N) is 3. The quantitative estimate of drug-likeness (QED) is 0.670. The Morgan fingerprint density at radius 3 is 2.93 bits per heavy atom. The lowest BCUT2D eigenvalue weighted by molar-refractivity contribution is 0.0526. The van der Waals surface area contributed by atoms with Crippen molar-refractivity contribution in [3.05, 3.63) is 18.0 Å². The molecule has 0 aromatic carbocycles. The van der Waals surface area contributed by atoms with Crippen molar-refractivity contribution < 1.29 is 9.53 Å². The molecule has 15 heavy (non-hydrogen) atoms. The number of carbonyl (C=O) groups excluding carboxylic acids is 1. The summed E-state index contributed by atoms with van der Waals surface area (Å²) in [7, 11) is 3.99. The van der Waals surface area contributed by atoms with E-state index in [9.17, 15) is 4.79 Å². The highest BCUT2D eigenvalue weighted by Gasteiger charge is 2.08. The van der Waals surface area contributed by atoms with Crippen LogP contribution in [0, 0.1) is 0 Å². The van der Waals surface area contributed by atoms with Crippen molar-refractivity contribution in [1.29, 1.82) is 0 Å². The average Bonchev–Trinajstić information content (AvgIpc) is 2.63. The summed E-state index contributed by atoms with van der Waals surface area (Å²) in [5.74, 6) is -0.311. The fourth-order valence-corrected chi connectivity index (χ4v) is 1.11. The molecule has 0 bridgehead atoms. The molecular formula is C10H17N3O2. The third-order valence-corrected chi connectivity index (χ3v) is 1.92. The minimum atomic E-state index is -0.311. The highest BCUT2D eigenvalue weighted by molar-refractivity contribution is 5.88. The molecule has 0 saturated carbocycles. The first-order valence-electron chi connectivity index (χ1n) is 4.97. The smallest absolute Gasteiger partial charge is 0.341 e. The Labute approximate surface area is 89.6 Å². The van der Waals surface area contributed by atoms with Crippen molar-refractivity contribution in [2.24, 2.45) is 0 Å². The van der Waals surface area contributed by atoms with E-state index in [4.69, 9.17) is 4.74 Å². The molecule has 1 rings (SSSR count). The standard InChI is InChI=1S/C10H17N3O2/c1-4-15-10(14)9-7-11-13(8-9)6-5-12(2)3/h7-8H,4-6H2,1-3H3. The molecule has 0 aliphatic heterocycles. The van der Waals surface area contributed by atoms with Crippen molar-refractivity contribution in [1.82, 2.24) is 14.7 Å². The van der Waals surface area contributed by atoms with Gasteiger partial charge in [-0.2, -0.15) is 5.10 Å². The molecule has 0 N–H and O–H groups in total. The van der Waals surface area contributed by atoms with Gasteiger partial charge in [-0.25, -0.2) is 4.79 Å². The number of ether oxygens (including phenoxy) is 1. The molecular weight excluding hydrogens is 194 g/mol. The molecule has 0 atom stereocenters. The number of hydrogen-bond donors (Lipinski definition) is 0. The van der Waals surface area contributed by atoms with E-state index < -0.39 is 0 Å². The highest BCUT2D eigenvalue weighted by atomic mass is 16.5. The lowest BCUT2D eigenvalue weighted by Gasteiger charge is -2.08. The Balaban J connectivity index is 2.52. The maximum atomic E-state index is 11.3. The predicted octanol–water partition coefficient (Wildman–Crippen LogP) is 0.621. The van der Waals surface area contributed by atoms with Crippen molar-refractivity contribution >= 4 is 5.97 Å². The van der Waals surface area contributed by atoms with Gasteiger partial charge in [0, 0.05) is 12.7 Å². The monoisotopic (exact) mass is 211 g/mol. The highest BCUT2D eigenvalue weighted by Crippen LogP contribution is 2.00. The summed E-state index contributed by atoms with van der Waals surface area (Å²) >= 11 is 0. The van der Waals surface area contributed by atoms with Gasteiger partial charge in [0.25, 0.3) is 0 Å². The number of aromatic nitrogens is 2. The fraction of sp³-hybridized carbons (Fsp3) is 0.600. The molecule has 0 unspecified atom stereocenters. The maximum absolute atomic E-state index is 11.3. The number of rotatable bonds is 5. The van der Waals surface area contributed by atoms with E-state index >= 15 is 0 Å². The fourth-order valence-electron chi connectivity index (χ4n) is 1.11. The molecule has 0 aliphatic rings. The third kappa shape index (κ3) is 3.71. The number of hydrogen-bond acceptors (Lipinski definition) is 4. The van der Waals surface area contributed by atoms with Crippen LogP contribution in [-0.2, 0) is 11.3 Å². The topological polar surface area (TPSA) is 47.4 Å². The molecule has 0 spiro atoms. The summed E-state index contributed by atoms with van der Waals surface area (Å²) in [6, 6.07) is 0. The van der Waals surface area contributed by atoms with Crippen molar-refractivity contribution in [3.63, 3.8) is 0 Å². The molecule has 5 nitrogen and oxygen atoms in total. The van der Waals surface area contributed by atoms with Crippen LogP contribution in [0.15, 0.2) is 12.4 Å². The lowest BCUT2D eigenvalue weighted by Crippen LogP contribution is -2.18. The second kappa shape index (κ2) is 5.50. The molecule has 0 fully saturated rings. The summed E-state index contributed by atoms with van der Waals surface area (Å²) in [6.07, 6.45) is 3.25. The van der Waals surface area contributed by atoms with E-state index in [1.807, 2.05) is 14.1 Å².